The van der Waals surface area contributed by atoms with Gasteiger partial charge in [-0.15, -0.1) is 0 Å². The van der Waals surface area contributed by atoms with Crippen molar-refractivity contribution in [3.63, 3.8) is 0 Å². The van der Waals surface area contributed by atoms with E-state index in [1.165, 1.54) is 0 Å². The Bertz CT molecular complexity index is 432. The van der Waals surface area contributed by atoms with Crippen molar-refractivity contribution in [1.82, 2.24) is 5.32 Å². The lowest BCUT2D eigenvalue weighted by Gasteiger charge is -2.42. The smallest absolute Gasteiger partial charge is 0.324 e. The molecule has 2 rings (SSSR count). The maximum Gasteiger partial charge on any atom is 0.324 e. The normalized spacial score (nSPS) is 31.1. The monoisotopic (exact) mass is 261 g/mol. The van der Waals surface area contributed by atoms with Crippen LogP contribution in [-0.4, -0.2) is 16.6 Å². The van der Waals surface area contributed by atoms with E-state index >= 15 is 0 Å². The second kappa shape index (κ2) is 5.74. The van der Waals surface area contributed by atoms with Gasteiger partial charge in [0.2, 0.25) is 0 Å². The second-order valence-corrected chi connectivity index (χ2v) is 5.90. The first-order valence-electron chi connectivity index (χ1n) is 7.07. The van der Waals surface area contributed by atoms with Gasteiger partial charge in [0.1, 0.15) is 5.54 Å². The third-order valence-corrected chi connectivity index (χ3v) is 4.46. The molecule has 0 bridgehead atoms. The number of carboxylic acid groups (broad SMARTS) is 1. The van der Waals surface area contributed by atoms with Crippen LogP contribution in [0.3, 0.4) is 0 Å². The molecule has 104 valence electrons. The zero-order chi connectivity index (χ0) is 13.9. The highest BCUT2D eigenvalue weighted by Crippen LogP contribution is 2.37. The minimum Gasteiger partial charge on any atom is -0.480 e. The van der Waals surface area contributed by atoms with Gasteiger partial charge >= 0.3 is 5.97 Å². The van der Waals surface area contributed by atoms with Gasteiger partial charge in [-0.25, -0.2) is 0 Å². The van der Waals surface area contributed by atoms with Gasteiger partial charge in [-0.1, -0.05) is 44.2 Å². The van der Waals surface area contributed by atoms with E-state index in [1.54, 1.807) is 0 Å². The number of hydrogen-bond donors (Lipinski definition) is 2. The van der Waals surface area contributed by atoms with Gasteiger partial charge in [0.15, 0.2) is 0 Å². The second-order valence-electron chi connectivity index (χ2n) is 5.90. The molecule has 1 fully saturated rings. The minimum atomic E-state index is -0.762. The molecule has 3 atom stereocenters. The van der Waals surface area contributed by atoms with Gasteiger partial charge in [0.25, 0.3) is 0 Å². The maximum atomic E-state index is 11.8. The van der Waals surface area contributed by atoms with Crippen molar-refractivity contribution in [2.24, 2.45) is 11.8 Å². The van der Waals surface area contributed by atoms with E-state index in [2.05, 4.69) is 19.2 Å². The predicted octanol–water partition coefficient (Wildman–Crippen LogP) is 3.06. The molecule has 0 saturated heterocycles. The van der Waals surface area contributed by atoms with Crippen LogP contribution in [0.4, 0.5) is 0 Å². The third-order valence-electron chi connectivity index (χ3n) is 4.46. The molecule has 1 aliphatic rings. The minimum absolute atomic E-state index is 0.164. The number of rotatable bonds is 4. The fourth-order valence-corrected chi connectivity index (χ4v) is 3.15. The average Bonchev–Trinajstić information content (AvgIpc) is 2.39. The van der Waals surface area contributed by atoms with E-state index < -0.39 is 11.5 Å². The molecule has 0 aliphatic heterocycles. The zero-order valence-electron chi connectivity index (χ0n) is 11.7. The Hall–Kier alpha value is -1.35. The summed E-state index contributed by atoms with van der Waals surface area (Å²) in [6.07, 6.45) is 2.68. The van der Waals surface area contributed by atoms with Gasteiger partial charge in [0, 0.05) is 6.54 Å². The van der Waals surface area contributed by atoms with Crippen molar-refractivity contribution in [2.75, 3.05) is 0 Å². The summed E-state index contributed by atoms with van der Waals surface area (Å²) in [5.74, 6) is 0.0845. The summed E-state index contributed by atoms with van der Waals surface area (Å²) in [4.78, 5) is 11.8. The number of nitrogens with one attached hydrogen (secondary N) is 1. The van der Waals surface area contributed by atoms with Crippen LogP contribution in [0.1, 0.15) is 38.7 Å². The van der Waals surface area contributed by atoms with Crippen LogP contribution in [0.15, 0.2) is 30.3 Å². The van der Waals surface area contributed by atoms with Crippen LogP contribution in [-0.2, 0) is 11.3 Å². The number of carbonyl (C=O) groups is 1. The molecule has 2 N–H and O–H groups in total. The molecule has 1 aromatic rings. The van der Waals surface area contributed by atoms with E-state index in [-0.39, 0.29) is 5.92 Å². The van der Waals surface area contributed by atoms with Crippen molar-refractivity contribution in [3.05, 3.63) is 35.9 Å². The topological polar surface area (TPSA) is 49.3 Å². The maximum absolute atomic E-state index is 11.8. The molecule has 1 aliphatic carbocycles. The zero-order valence-corrected chi connectivity index (χ0v) is 11.7. The largest absolute Gasteiger partial charge is 0.480 e. The number of benzene rings is 1. The van der Waals surface area contributed by atoms with E-state index in [0.717, 1.165) is 24.8 Å². The number of carboxylic acids is 1. The van der Waals surface area contributed by atoms with Gasteiger partial charge in [-0.2, -0.15) is 0 Å². The van der Waals surface area contributed by atoms with Crippen molar-refractivity contribution >= 4 is 5.97 Å². The number of aliphatic carboxylic acids is 1. The van der Waals surface area contributed by atoms with Crippen molar-refractivity contribution in [1.29, 1.82) is 0 Å². The molecular formula is C16H23NO2. The Morgan fingerprint density at radius 2 is 2.05 bits per heavy atom. The van der Waals surface area contributed by atoms with Crippen LogP contribution < -0.4 is 5.32 Å². The van der Waals surface area contributed by atoms with Crippen LogP contribution >= 0.6 is 0 Å². The molecule has 0 spiro atoms. The lowest BCUT2D eigenvalue weighted by Crippen LogP contribution is -2.58. The van der Waals surface area contributed by atoms with E-state index in [0.29, 0.717) is 12.5 Å². The fourth-order valence-electron chi connectivity index (χ4n) is 3.15. The lowest BCUT2D eigenvalue weighted by atomic mass is 9.70. The summed E-state index contributed by atoms with van der Waals surface area (Å²) >= 11 is 0. The Kier molecular flexibility index (Phi) is 4.25. The lowest BCUT2D eigenvalue weighted by molar-refractivity contribution is -0.149. The summed E-state index contributed by atoms with van der Waals surface area (Å²) in [6.45, 7) is 4.88. The predicted molar refractivity (Wildman–Crippen MR) is 75.8 cm³/mol. The van der Waals surface area contributed by atoms with Crippen LogP contribution in [0, 0.1) is 11.8 Å². The van der Waals surface area contributed by atoms with Gasteiger partial charge < -0.3 is 5.11 Å². The van der Waals surface area contributed by atoms with E-state index in [9.17, 15) is 9.90 Å². The average molecular weight is 261 g/mol. The standard InChI is InChI=1S/C16H23NO2/c1-12-8-9-16(15(18)19,13(2)10-12)17-11-14-6-4-3-5-7-14/h3-7,12-13,17H,8-11H2,1-2H3,(H,18,19). The van der Waals surface area contributed by atoms with Crippen molar-refractivity contribution in [2.45, 2.75) is 45.2 Å². The van der Waals surface area contributed by atoms with E-state index in [4.69, 9.17) is 0 Å². The van der Waals surface area contributed by atoms with Crippen LogP contribution in [0.2, 0.25) is 0 Å². The first-order chi connectivity index (χ1) is 9.04. The highest BCUT2D eigenvalue weighted by Gasteiger charge is 2.46. The Labute approximate surface area is 115 Å². The first-order valence-corrected chi connectivity index (χ1v) is 7.07. The molecule has 1 saturated carbocycles. The highest BCUT2D eigenvalue weighted by molar-refractivity contribution is 5.79. The van der Waals surface area contributed by atoms with E-state index in [1.807, 2.05) is 30.3 Å². The SMILES string of the molecule is CC1CCC(NCc2ccccc2)(C(=O)O)C(C)C1. The van der Waals surface area contributed by atoms with Gasteiger partial charge in [-0.05, 0) is 36.7 Å². The van der Waals surface area contributed by atoms with Gasteiger partial charge in [-0.3, -0.25) is 10.1 Å². The summed E-state index contributed by atoms with van der Waals surface area (Å²) in [6, 6.07) is 9.99. The number of hydrogen-bond acceptors (Lipinski definition) is 2. The Morgan fingerprint density at radius 3 is 2.63 bits per heavy atom. The molecule has 3 nitrogen and oxygen atoms in total. The van der Waals surface area contributed by atoms with Crippen molar-refractivity contribution < 1.29 is 9.90 Å². The summed E-state index contributed by atoms with van der Waals surface area (Å²) in [7, 11) is 0. The summed E-state index contributed by atoms with van der Waals surface area (Å²) < 4.78 is 0. The quantitative estimate of drug-likeness (QED) is 0.875. The van der Waals surface area contributed by atoms with Crippen molar-refractivity contribution in [3.8, 4) is 0 Å². The molecule has 0 aromatic heterocycles. The first kappa shape index (κ1) is 14.1. The summed E-state index contributed by atoms with van der Waals surface area (Å²) in [5, 5.41) is 13.0. The molecule has 0 heterocycles. The third kappa shape index (κ3) is 2.98. The molecule has 0 amide bonds. The van der Waals surface area contributed by atoms with Crippen LogP contribution in [0.25, 0.3) is 0 Å². The molecule has 0 radical (unpaired) electrons. The molecule has 3 heteroatoms. The molecular weight excluding hydrogens is 238 g/mol. The molecule has 1 aromatic carbocycles. The Morgan fingerprint density at radius 1 is 1.37 bits per heavy atom. The molecule has 19 heavy (non-hydrogen) atoms. The highest BCUT2D eigenvalue weighted by atomic mass is 16.4. The summed E-state index contributed by atoms with van der Waals surface area (Å²) in [5.41, 5.74) is 0.372. The Balaban J connectivity index is 2.10. The van der Waals surface area contributed by atoms with Crippen LogP contribution in [0.5, 0.6) is 0 Å². The fraction of sp³-hybridized carbons (Fsp3) is 0.562. The molecule has 3 unspecified atom stereocenters. The van der Waals surface area contributed by atoms with Gasteiger partial charge in [0.05, 0.1) is 0 Å².